The van der Waals surface area contributed by atoms with Crippen LogP contribution in [0, 0.1) is 20.8 Å². The quantitative estimate of drug-likeness (QED) is 0.724. The van der Waals surface area contributed by atoms with Crippen LogP contribution < -0.4 is 5.32 Å². The smallest absolute Gasteiger partial charge is 0.274 e. The van der Waals surface area contributed by atoms with Crippen LogP contribution >= 0.6 is 0 Å². The van der Waals surface area contributed by atoms with Crippen molar-refractivity contribution in [2.24, 2.45) is 0 Å². The molecule has 24 heavy (non-hydrogen) atoms. The normalized spacial score (nSPS) is 21.8. The van der Waals surface area contributed by atoms with E-state index in [2.05, 4.69) is 30.8 Å². The Morgan fingerprint density at radius 1 is 1.38 bits per heavy atom. The van der Waals surface area contributed by atoms with Gasteiger partial charge in [-0.15, -0.1) is 0 Å². The predicted molar refractivity (Wildman–Crippen MR) is 84.3 cm³/mol. The molecule has 1 aliphatic rings. The number of H-pyrrole nitrogens is 1. The lowest BCUT2D eigenvalue weighted by Crippen LogP contribution is -2.53. The fourth-order valence-electron chi connectivity index (χ4n) is 3.00. The summed E-state index contributed by atoms with van der Waals surface area (Å²) in [6, 6.07) is -0.297. The largest absolute Gasteiger partial charge is 0.390 e. The van der Waals surface area contributed by atoms with Gasteiger partial charge in [-0.1, -0.05) is 5.16 Å². The summed E-state index contributed by atoms with van der Waals surface area (Å²) in [7, 11) is 0. The van der Waals surface area contributed by atoms with Crippen molar-refractivity contribution in [1.82, 2.24) is 30.8 Å². The van der Waals surface area contributed by atoms with Gasteiger partial charge < -0.3 is 14.9 Å². The lowest BCUT2D eigenvalue weighted by atomic mass is 10.0. The first kappa shape index (κ1) is 16.6. The molecule has 0 saturated carbocycles. The van der Waals surface area contributed by atoms with Crippen molar-refractivity contribution in [3.8, 4) is 0 Å². The molecule has 0 unspecified atom stereocenters. The van der Waals surface area contributed by atoms with Gasteiger partial charge in [-0.05, 0) is 27.2 Å². The first-order valence-corrected chi connectivity index (χ1v) is 7.96. The molecule has 3 heterocycles. The van der Waals surface area contributed by atoms with Crippen LogP contribution in [0.4, 0.5) is 0 Å². The van der Waals surface area contributed by atoms with Gasteiger partial charge in [0.1, 0.15) is 5.76 Å². The average molecular weight is 334 g/mol. The number of carbonyl (C=O) groups excluding carboxylic acids is 1. The Labute approximate surface area is 139 Å². The molecule has 0 bridgehead atoms. The number of amides is 1. The standard InChI is InChI=1S/C15H22N6O3/c1-8-11(10(3)24-19-8)6-21-5-4-12(13(22)7-21)16-15(23)14-9(2)17-20-18-14/h12-13,22H,4-7H2,1-3H3,(H,16,23)(H,17,18,20)/t12-,13-/m1/s1. The molecule has 9 heteroatoms. The lowest BCUT2D eigenvalue weighted by molar-refractivity contribution is 0.0346. The summed E-state index contributed by atoms with van der Waals surface area (Å²) in [5, 5.41) is 27.3. The second-order valence-corrected chi connectivity index (χ2v) is 6.23. The van der Waals surface area contributed by atoms with Crippen molar-refractivity contribution in [3.05, 3.63) is 28.4 Å². The molecule has 0 aromatic carbocycles. The molecular formula is C15H22N6O3. The lowest BCUT2D eigenvalue weighted by Gasteiger charge is -2.36. The maximum Gasteiger partial charge on any atom is 0.274 e. The van der Waals surface area contributed by atoms with Crippen LogP contribution in [0.2, 0.25) is 0 Å². The van der Waals surface area contributed by atoms with E-state index in [1.807, 2.05) is 13.8 Å². The van der Waals surface area contributed by atoms with Crippen molar-refractivity contribution >= 4 is 5.91 Å². The maximum absolute atomic E-state index is 12.2. The molecule has 9 nitrogen and oxygen atoms in total. The molecule has 2 atom stereocenters. The molecule has 1 saturated heterocycles. The van der Waals surface area contributed by atoms with E-state index in [4.69, 9.17) is 4.52 Å². The van der Waals surface area contributed by atoms with Crippen LogP contribution in [0.5, 0.6) is 0 Å². The van der Waals surface area contributed by atoms with Gasteiger partial charge in [0.2, 0.25) is 0 Å². The Hall–Kier alpha value is -2.26. The van der Waals surface area contributed by atoms with Crippen LogP contribution in [0.1, 0.15) is 39.6 Å². The van der Waals surface area contributed by atoms with Crippen molar-refractivity contribution in [1.29, 1.82) is 0 Å². The third-order valence-electron chi connectivity index (χ3n) is 4.48. The number of hydrogen-bond acceptors (Lipinski definition) is 7. The Bertz CT molecular complexity index is 705. The zero-order valence-electron chi connectivity index (χ0n) is 14.0. The monoisotopic (exact) mass is 334 g/mol. The molecule has 130 valence electrons. The third-order valence-corrected chi connectivity index (χ3v) is 4.48. The number of aromatic amines is 1. The minimum atomic E-state index is -0.643. The highest BCUT2D eigenvalue weighted by atomic mass is 16.5. The number of β-amino-alcohol motifs (C(OH)–C–C–N with tert-alkyl or cyclic N) is 1. The van der Waals surface area contributed by atoms with Gasteiger partial charge in [-0.25, -0.2) is 0 Å². The second kappa shape index (κ2) is 6.70. The van der Waals surface area contributed by atoms with E-state index < -0.39 is 6.10 Å². The van der Waals surface area contributed by atoms with Crippen LogP contribution in [-0.2, 0) is 6.54 Å². The summed E-state index contributed by atoms with van der Waals surface area (Å²) in [5.74, 6) is 0.489. The van der Waals surface area contributed by atoms with E-state index in [1.54, 1.807) is 6.92 Å². The molecule has 2 aromatic heterocycles. The molecular weight excluding hydrogens is 312 g/mol. The number of aryl methyl sites for hydroxylation is 3. The van der Waals surface area contributed by atoms with E-state index in [-0.39, 0.29) is 17.6 Å². The van der Waals surface area contributed by atoms with Gasteiger partial charge in [0, 0.05) is 25.2 Å². The Morgan fingerprint density at radius 3 is 2.75 bits per heavy atom. The maximum atomic E-state index is 12.2. The van der Waals surface area contributed by atoms with Crippen molar-refractivity contribution in [2.75, 3.05) is 13.1 Å². The second-order valence-electron chi connectivity index (χ2n) is 6.23. The fourth-order valence-corrected chi connectivity index (χ4v) is 3.00. The van der Waals surface area contributed by atoms with Gasteiger partial charge >= 0.3 is 0 Å². The zero-order valence-corrected chi connectivity index (χ0v) is 14.0. The Kier molecular flexibility index (Phi) is 4.63. The molecule has 3 rings (SSSR count). The van der Waals surface area contributed by atoms with E-state index in [9.17, 15) is 9.90 Å². The summed E-state index contributed by atoms with van der Waals surface area (Å²) in [4.78, 5) is 14.3. The van der Waals surface area contributed by atoms with E-state index in [0.29, 0.717) is 25.2 Å². The fraction of sp³-hybridized carbons (Fsp3) is 0.600. The molecule has 2 aromatic rings. The number of piperidine rings is 1. The summed E-state index contributed by atoms with van der Waals surface area (Å²) >= 11 is 0. The summed E-state index contributed by atoms with van der Waals surface area (Å²) in [6.07, 6.45) is 0.0167. The highest BCUT2D eigenvalue weighted by Crippen LogP contribution is 2.19. The molecule has 0 radical (unpaired) electrons. The van der Waals surface area contributed by atoms with Gasteiger partial charge in [0.15, 0.2) is 5.69 Å². The Balaban J connectivity index is 1.57. The summed E-state index contributed by atoms with van der Waals surface area (Å²) < 4.78 is 5.18. The zero-order chi connectivity index (χ0) is 17.3. The van der Waals surface area contributed by atoms with Gasteiger partial charge in [-0.3, -0.25) is 9.69 Å². The van der Waals surface area contributed by atoms with Crippen LogP contribution in [0.15, 0.2) is 4.52 Å². The Morgan fingerprint density at radius 2 is 2.17 bits per heavy atom. The number of likely N-dealkylation sites (tertiary alicyclic amines) is 1. The molecule has 0 aliphatic carbocycles. The van der Waals surface area contributed by atoms with Crippen LogP contribution in [0.25, 0.3) is 0 Å². The number of hydrogen-bond donors (Lipinski definition) is 3. The topological polar surface area (TPSA) is 120 Å². The van der Waals surface area contributed by atoms with E-state index in [1.165, 1.54) is 0 Å². The first-order chi connectivity index (χ1) is 11.5. The van der Waals surface area contributed by atoms with Gasteiger partial charge in [-0.2, -0.15) is 15.4 Å². The van der Waals surface area contributed by atoms with Crippen molar-refractivity contribution < 1.29 is 14.4 Å². The molecule has 1 aliphatic heterocycles. The minimum absolute atomic E-state index is 0.264. The van der Waals surface area contributed by atoms with Crippen LogP contribution in [-0.4, -0.2) is 61.7 Å². The number of nitrogens with zero attached hydrogens (tertiary/aromatic N) is 4. The summed E-state index contributed by atoms with van der Waals surface area (Å²) in [5.41, 5.74) is 2.74. The number of aliphatic hydroxyl groups excluding tert-OH is 1. The third kappa shape index (κ3) is 3.31. The average Bonchev–Trinajstić information content (AvgIpc) is 3.10. The molecule has 3 N–H and O–H groups in total. The number of nitrogens with one attached hydrogen (secondary N) is 2. The highest BCUT2D eigenvalue weighted by Gasteiger charge is 2.30. The molecule has 1 amide bonds. The van der Waals surface area contributed by atoms with E-state index >= 15 is 0 Å². The van der Waals surface area contributed by atoms with Crippen LogP contribution in [0.3, 0.4) is 0 Å². The number of aliphatic hydroxyl groups is 1. The van der Waals surface area contributed by atoms with Gasteiger partial charge in [0.25, 0.3) is 5.91 Å². The minimum Gasteiger partial charge on any atom is -0.390 e. The molecule has 1 fully saturated rings. The van der Waals surface area contributed by atoms with Gasteiger partial charge in [0.05, 0.1) is 23.5 Å². The number of carbonyl (C=O) groups is 1. The SMILES string of the molecule is Cc1n[nH]nc1C(=O)N[C@@H]1CCN(Cc2c(C)noc2C)C[C@H]1O. The summed E-state index contributed by atoms with van der Waals surface area (Å²) in [6.45, 7) is 7.44. The highest BCUT2D eigenvalue weighted by molar-refractivity contribution is 5.93. The van der Waals surface area contributed by atoms with E-state index in [0.717, 1.165) is 23.6 Å². The molecule has 0 spiro atoms. The van der Waals surface area contributed by atoms with Crippen molar-refractivity contribution in [2.45, 2.75) is 45.9 Å². The number of rotatable bonds is 4. The predicted octanol–water partition coefficient (Wildman–Crippen LogP) is 0.0832. The van der Waals surface area contributed by atoms with Crippen molar-refractivity contribution in [3.63, 3.8) is 0 Å². The number of aromatic nitrogens is 4. The first-order valence-electron chi connectivity index (χ1n) is 7.96.